The van der Waals surface area contributed by atoms with Crippen molar-refractivity contribution in [2.75, 3.05) is 0 Å². The maximum absolute atomic E-state index is 11.6. The van der Waals surface area contributed by atoms with Gasteiger partial charge in [-0.2, -0.15) is 0 Å². The molecule has 0 bridgehead atoms. The summed E-state index contributed by atoms with van der Waals surface area (Å²) in [6.45, 7) is 3.57. The van der Waals surface area contributed by atoms with Gasteiger partial charge in [0.15, 0.2) is 5.78 Å². The summed E-state index contributed by atoms with van der Waals surface area (Å²) >= 11 is 0. The molecule has 1 heteroatoms. The Morgan fingerprint density at radius 1 is 1.31 bits per heavy atom. The molecule has 0 aliphatic carbocycles. The van der Waals surface area contributed by atoms with Crippen LogP contribution in [-0.2, 0) is 0 Å². The third-order valence-corrected chi connectivity index (χ3v) is 1.81. The zero-order valence-electron chi connectivity index (χ0n) is 7.87. The van der Waals surface area contributed by atoms with E-state index in [-0.39, 0.29) is 11.7 Å². The molecule has 1 aromatic carbocycles. The summed E-state index contributed by atoms with van der Waals surface area (Å²) in [7, 11) is 0. The number of hydrogen-bond acceptors (Lipinski definition) is 1. The number of benzene rings is 1. The lowest BCUT2D eigenvalue weighted by Crippen LogP contribution is -2.08. The molecule has 1 atom stereocenters. The average molecular weight is 172 g/mol. The normalized spacial score (nSPS) is 11.2. The van der Waals surface area contributed by atoms with Gasteiger partial charge in [-0.25, -0.2) is 0 Å². The van der Waals surface area contributed by atoms with Crippen molar-refractivity contribution >= 4 is 5.78 Å². The molecule has 0 N–H and O–H groups in total. The van der Waals surface area contributed by atoms with E-state index in [1.165, 1.54) is 0 Å². The fourth-order valence-corrected chi connectivity index (χ4v) is 1.13. The molecule has 1 rings (SSSR count). The Morgan fingerprint density at radius 2 is 1.92 bits per heavy atom. The van der Waals surface area contributed by atoms with Gasteiger partial charge in [-0.05, 0) is 13.8 Å². The Bertz CT molecular complexity index is 340. The smallest absolute Gasteiger partial charge is 0.177 e. The molecule has 0 saturated heterocycles. The van der Waals surface area contributed by atoms with Crippen LogP contribution >= 0.6 is 0 Å². The van der Waals surface area contributed by atoms with Crippen LogP contribution in [0.3, 0.4) is 0 Å². The molecule has 0 aromatic heterocycles. The largest absolute Gasteiger partial charge is 0.293 e. The van der Waals surface area contributed by atoms with Crippen LogP contribution in [0.25, 0.3) is 0 Å². The Balaban J connectivity index is 2.84. The molecule has 0 heterocycles. The number of ketones is 1. The van der Waals surface area contributed by atoms with Gasteiger partial charge in [-0.3, -0.25) is 4.79 Å². The highest BCUT2D eigenvalue weighted by atomic mass is 16.1. The summed E-state index contributed by atoms with van der Waals surface area (Å²) in [6, 6.07) is 9.25. The summed E-state index contributed by atoms with van der Waals surface area (Å²) in [4.78, 5) is 11.6. The topological polar surface area (TPSA) is 17.1 Å². The first-order chi connectivity index (χ1) is 6.25. The van der Waals surface area contributed by atoms with Gasteiger partial charge in [0, 0.05) is 5.56 Å². The SMILES string of the molecule is CC#CC(C)C(=O)c1ccccc1. The average Bonchev–Trinajstić information content (AvgIpc) is 2.18. The zero-order valence-corrected chi connectivity index (χ0v) is 7.87. The van der Waals surface area contributed by atoms with Crippen molar-refractivity contribution in [2.45, 2.75) is 13.8 Å². The minimum Gasteiger partial charge on any atom is -0.293 e. The van der Waals surface area contributed by atoms with E-state index in [2.05, 4.69) is 11.8 Å². The van der Waals surface area contributed by atoms with E-state index in [0.29, 0.717) is 0 Å². The summed E-state index contributed by atoms with van der Waals surface area (Å²) in [6.07, 6.45) is 0. The van der Waals surface area contributed by atoms with Gasteiger partial charge >= 0.3 is 0 Å². The van der Waals surface area contributed by atoms with Crippen molar-refractivity contribution in [1.82, 2.24) is 0 Å². The number of carbonyl (C=O) groups excluding carboxylic acids is 1. The maximum atomic E-state index is 11.6. The molecule has 0 aliphatic heterocycles. The lowest BCUT2D eigenvalue weighted by atomic mass is 10.0. The van der Waals surface area contributed by atoms with Gasteiger partial charge in [-0.15, -0.1) is 5.92 Å². The van der Waals surface area contributed by atoms with Crippen LogP contribution in [0.2, 0.25) is 0 Å². The summed E-state index contributed by atoms with van der Waals surface area (Å²) in [5, 5.41) is 0. The fourth-order valence-electron chi connectivity index (χ4n) is 1.13. The third-order valence-electron chi connectivity index (χ3n) is 1.81. The summed E-state index contributed by atoms with van der Waals surface area (Å²) < 4.78 is 0. The Kier molecular flexibility index (Phi) is 3.28. The number of Topliss-reactive ketones (excluding diaryl/α,β-unsaturated/α-hetero) is 1. The zero-order chi connectivity index (χ0) is 9.68. The molecule has 1 aromatic rings. The lowest BCUT2D eigenvalue weighted by Gasteiger charge is -2.02. The predicted molar refractivity (Wildman–Crippen MR) is 53.4 cm³/mol. The molecule has 0 radical (unpaired) electrons. The molecule has 0 aliphatic rings. The van der Waals surface area contributed by atoms with Crippen molar-refractivity contribution in [3.05, 3.63) is 35.9 Å². The van der Waals surface area contributed by atoms with Crippen LogP contribution in [0, 0.1) is 17.8 Å². The molecule has 0 saturated carbocycles. The molecule has 66 valence electrons. The molecular weight excluding hydrogens is 160 g/mol. The van der Waals surface area contributed by atoms with Gasteiger partial charge in [0.25, 0.3) is 0 Å². The van der Waals surface area contributed by atoms with Crippen molar-refractivity contribution < 1.29 is 4.79 Å². The highest BCUT2D eigenvalue weighted by Gasteiger charge is 2.11. The van der Waals surface area contributed by atoms with Crippen LogP contribution in [0.4, 0.5) is 0 Å². The van der Waals surface area contributed by atoms with Gasteiger partial charge in [0.2, 0.25) is 0 Å². The minimum absolute atomic E-state index is 0.0925. The first-order valence-corrected chi connectivity index (χ1v) is 4.27. The number of rotatable bonds is 2. The molecule has 1 nitrogen and oxygen atoms in total. The number of carbonyl (C=O) groups is 1. The van der Waals surface area contributed by atoms with Crippen molar-refractivity contribution in [3.63, 3.8) is 0 Å². The second-order valence-electron chi connectivity index (χ2n) is 2.85. The van der Waals surface area contributed by atoms with Gasteiger partial charge in [0.05, 0.1) is 5.92 Å². The minimum atomic E-state index is -0.201. The van der Waals surface area contributed by atoms with Crippen molar-refractivity contribution in [1.29, 1.82) is 0 Å². The van der Waals surface area contributed by atoms with E-state index in [1.54, 1.807) is 6.92 Å². The molecule has 0 spiro atoms. The molecule has 13 heavy (non-hydrogen) atoms. The highest BCUT2D eigenvalue weighted by Crippen LogP contribution is 2.07. The summed E-state index contributed by atoms with van der Waals surface area (Å²) in [5.41, 5.74) is 0.734. The maximum Gasteiger partial charge on any atom is 0.177 e. The van der Waals surface area contributed by atoms with E-state index in [9.17, 15) is 4.79 Å². The monoisotopic (exact) mass is 172 g/mol. The Hall–Kier alpha value is -1.55. The first-order valence-electron chi connectivity index (χ1n) is 4.27. The van der Waals surface area contributed by atoms with Crippen LogP contribution in [0.5, 0.6) is 0 Å². The Labute approximate surface area is 78.8 Å². The van der Waals surface area contributed by atoms with Gasteiger partial charge in [0.1, 0.15) is 0 Å². The second-order valence-corrected chi connectivity index (χ2v) is 2.85. The van der Waals surface area contributed by atoms with Crippen LogP contribution in [-0.4, -0.2) is 5.78 Å². The first kappa shape index (κ1) is 9.54. The van der Waals surface area contributed by atoms with Crippen molar-refractivity contribution in [3.8, 4) is 11.8 Å². The van der Waals surface area contributed by atoms with E-state index in [4.69, 9.17) is 0 Å². The van der Waals surface area contributed by atoms with E-state index in [1.807, 2.05) is 37.3 Å². The number of hydrogen-bond donors (Lipinski definition) is 0. The predicted octanol–water partition coefficient (Wildman–Crippen LogP) is 2.53. The Morgan fingerprint density at radius 3 is 2.46 bits per heavy atom. The standard InChI is InChI=1S/C12H12O/c1-3-7-10(2)12(13)11-8-5-4-6-9-11/h4-6,8-10H,1-2H3. The molecule has 0 fully saturated rings. The molecule has 0 amide bonds. The van der Waals surface area contributed by atoms with E-state index in [0.717, 1.165) is 5.56 Å². The van der Waals surface area contributed by atoms with Gasteiger partial charge < -0.3 is 0 Å². The van der Waals surface area contributed by atoms with E-state index < -0.39 is 0 Å². The van der Waals surface area contributed by atoms with Crippen molar-refractivity contribution in [2.24, 2.45) is 5.92 Å². The van der Waals surface area contributed by atoms with E-state index >= 15 is 0 Å². The lowest BCUT2D eigenvalue weighted by molar-refractivity contribution is 0.0957. The van der Waals surface area contributed by atoms with Crippen LogP contribution < -0.4 is 0 Å². The fraction of sp³-hybridized carbons (Fsp3) is 0.250. The third kappa shape index (κ3) is 2.45. The highest BCUT2D eigenvalue weighted by molar-refractivity contribution is 5.99. The van der Waals surface area contributed by atoms with Crippen LogP contribution in [0.15, 0.2) is 30.3 Å². The molecular formula is C12H12O. The van der Waals surface area contributed by atoms with Crippen LogP contribution in [0.1, 0.15) is 24.2 Å². The summed E-state index contributed by atoms with van der Waals surface area (Å²) in [5.74, 6) is 5.48. The second kappa shape index (κ2) is 4.47. The quantitative estimate of drug-likeness (QED) is 0.495. The van der Waals surface area contributed by atoms with Gasteiger partial charge in [-0.1, -0.05) is 36.3 Å². The molecule has 1 unspecified atom stereocenters.